The van der Waals surface area contributed by atoms with E-state index in [0.29, 0.717) is 17.0 Å². The van der Waals surface area contributed by atoms with Crippen molar-refractivity contribution in [2.45, 2.75) is 50.1 Å². The predicted octanol–water partition coefficient (Wildman–Crippen LogP) is 3.58. The maximum absolute atomic E-state index is 14.5. The van der Waals surface area contributed by atoms with E-state index in [1.807, 2.05) is 0 Å². The number of aromatic nitrogens is 4. The van der Waals surface area contributed by atoms with Gasteiger partial charge in [-0.15, -0.1) is 5.10 Å². The van der Waals surface area contributed by atoms with Gasteiger partial charge < -0.3 is 4.74 Å². The number of benzene rings is 2. The lowest BCUT2D eigenvalue weighted by Gasteiger charge is -2.38. The molecule has 0 amide bonds. The van der Waals surface area contributed by atoms with E-state index in [9.17, 15) is 12.8 Å². The van der Waals surface area contributed by atoms with Gasteiger partial charge in [0.25, 0.3) is 0 Å². The van der Waals surface area contributed by atoms with Crippen LogP contribution in [0, 0.1) is 11.7 Å². The molecule has 1 saturated carbocycles. The first-order valence-electron chi connectivity index (χ1n) is 10.6. The number of nitrogens with zero attached hydrogens (tertiary/aromatic N) is 5. The number of halogens is 1. The van der Waals surface area contributed by atoms with Crippen molar-refractivity contribution in [2.75, 3.05) is 7.11 Å². The minimum Gasteiger partial charge on any atom is -0.494 e. The molecule has 1 fully saturated rings. The lowest BCUT2D eigenvalue weighted by Crippen LogP contribution is -2.44. The van der Waals surface area contributed by atoms with Crippen molar-refractivity contribution in [3.8, 4) is 11.4 Å². The van der Waals surface area contributed by atoms with Crippen LogP contribution < -0.4 is 4.74 Å². The van der Waals surface area contributed by atoms with E-state index in [2.05, 4.69) is 22.4 Å². The Balaban J connectivity index is 1.76. The molecule has 2 unspecified atom stereocenters. The van der Waals surface area contributed by atoms with Crippen LogP contribution in [0.3, 0.4) is 0 Å². The monoisotopic (exact) mass is 459 g/mol. The van der Waals surface area contributed by atoms with Crippen LogP contribution in [0.2, 0.25) is 0 Å². The number of methoxy groups -OCH3 is 1. The zero-order chi connectivity index (χ0) is 22.7. The molecule has 0 aliphatic heterocycles. The third-order valence-corrected chi connectivity index (χ3v) is 7.94. The first kappa shape index (κ1) is 22.3. The fourth-order valence-electron chi connectivity index (χ4n) is 4.31. The second-order valence-electron chi connectivity index (χ2n) is 8.06. The van der Waals surface area contributed by atoms with Gasteiger partial charge in [0.05, 0.1) is 12.0 Å². The van der Waals surface area contributed by atoms with E-state index in [0.717, 1.165) is 25.7 Å². The number of rotatable bonds is 7. The van der Waals surface area contributed by atoms with E-state index in [1.165, 1.54) is 40.6 Å². The molecule has 0 N–H and O–H groups in total. The maximum atomic E-state index is 14.5. The van der Waals surface area contributed by atoms with Gasteiger partial charge in [-0.3, -0.25) is 0 Å². The topological polar surface area (TPSA) is 90.2 Å². The summed E-state index contributed by atoms with van der Waals surface area (Å²) in [6, 6.07) is 10.7. The Bertz CT molecular complexity index is 1170. The molecule has 4 rings (SSSR count). The molecule has 10 heteroatoms. The average Bonchev–Trinajstić information content (AvgIpc) is 3.33. The summed E-state index contributed by atoms with van der Waals surface area (Å²) in [5, 5.41) is 11.1. The number of hydrogen-bond acceptors (Lipinski definition) is 6. The molecule has 1 aliphatic carbocycles. The Kier molecular flexibility index (Phi) is 6.52. The summed E-state index contributed by atoms with van der Waals surface area (Å²) in [5.41, 5.74) is 0.870. The number of hydrogen-bond donors (Lipinski definition) is 0. The molecule has 0 saturated heterocycles. The van der Waals surface area contributed by atoms with Gasteiger partial charge >= 0.3 is 0 Å². The molecule has 2 aromatic carbocycles. The minimum absolute atomic E-state index is 0.0267. The van der Waals surface area contributed by atoms with Gasteiger partial charge in [0.1, 0.15) is 23.6 Å². The molecule has 3 aromatic rings. The average molecular weight is 460 g/mol. The smallest absolute Gasteiger partial charge is 0.243 e. The molecule has 1 heterocycles. The van der Waals surface area contributed by atoms with Crippen molar-refractivity contribution < 1.29 is 17.5 Å². The molecule has 8 nitrogen and oxygen atoms in total. The summed E-state index contributed by atoms with van der Waals surface area (Å²) < 4.78 is 50.5. The highest BCUT2D eigenvalue weighted by Gasteiger charge is 2.36. The van der Waals surface area contributed by atoms with E-state index in [-0.39, 0.29) is 23.4 Å². The summed E-state index contributed by atoms with van der Waals surface area (Å²) in [4.78, 5) is 0.0836. The van der Waals surface area contributed by atoms with Crippen molar-refractivity contribution in [2.24, 2.45) is 5.92 Å². The van der Waals surface area contributed by atoms with Crippen LogP contribution in [0.15, 0.2) is 53.7 Å². The lowest BCUT2D eigenvalue weighted by molar-refractivity contribution is 0.184. The van der Waals surface area contributed by atoms with Crippen molar-refractivity contribution >= 4 is 10.0 Å². The van der Waals surface area contributed by atoms with Crippen LogP contribution in [0.5, 0.6) is 5.75 Å². The van der Waals surface area contributed by atoms with Crippen LogP contribution >= 0.6 is 0 Å². The molecule has 1 aliphatic rings. The maximum Gasteiger partial charge on any atom is 0.243 e. The van der Waals surface area contributed by atoms with Gasteiger partial charge in [-0.25, -0.2) is 12.8 Å². The Morgan fingerprint density at radius 1 is 1.19 bits per heavy atom. The molecule has 170 valence electrons. The van der Waals surface area contributed by atoms with Crippen LogP contribution in [-0.4, -0.2) is 46.1 Å². The summed E-state index contributed by atoms with van der Waals surface area (Å²) >= 11 is 0. The molecule has 1 aromatic heterocycles. The fourth-order valence-corrected chi connectivity index (χ4v) is 6.06. The second-order valence-corrected chi connectivity index (χ2v) is 9.95. The molecule has 0 spiro atoms. The molecule has 32 heavy (non-hydrogen) atoms. The van der Waals surface area contributed by atoms with Gasteiger partial charge in [-0.05, 0) is 47.4 Å². The highest BCUT2D eigenvalue weighted by Crippen LogP contribution is 2.35. The standard InChI is InChI=1S/C22H26FN5O3S/c1-16-7-3-6-10-20(16)28(14-17-8-4-5-9-19(17)23)32(29,30)18-11-12-21(22(13-18)31-2)27-15-24-25-26-27/h4-5,8-9,11-13,15-16,20H,3,6-7,10,14H2,1-2H3. The highest BCUT2D eigenvalue weighted by molar-refractivity contribution is 7.89. The molecular weight excluding hydrogens is 433 g/mol. The highest BCUT2D eigenvalue weighted by atomic mass is 32.2. The van der Waals surface area contributed by atoms with Gasteiger partial charge in [0.2, 0.25) is 10.0 Å². The van der Waals surface area contributed by atoms with Gasteiger partial charge in [0, 0.05) is 24.2 Å². The van der Waals surface area contributed by atoms with Gasteiger partial charge in [-0.1, -0.05) is 38.0 Å². The lowest BCUT2D eigenvalue weighted by atomic mass is 9.86. The summed E-state index contributed by atoms with van der Waals surface area (Å²) in [5.74, 6) is 0.0800. The molecule has 0 radical (unpaired) electrons. The number of sulfonamides is 1. The van der Waals surface area contributed by atoms with Gasteiger partial charge in [-0.2, -0.15) is 8.99 Å². The van der Waals surface area contributed by atoms with Crippen LogP contribution in [0.4, 0.5) is 4.39 Å². The largest absolute Gasteiger partial charge is 0.494 e. The number of ether oxygens (including phenoxy) is 1. The Morgan fingerprint density at radius 3 is 2.66 bits per heavy atom. The quantitative estimate of drug-likeness (QED) is 0.536. The molecule has 2 atom stereocenters. The van der Waals surface area contributed by atoms with E-state index in [4.69, 9.17) is 4.74 Å². The SMILES string of the molecule is COc1cc(S(=O)(=O)N(Cc2ccccc2F)C2CCCCC2C)ccc1-n1cnnn1. The first-order valence-corrected chi connectivity index (χ1v) is 12.0. The van der Waals surface area contributed by atoms with Crippen LogP contribution in [0.25, 0.3) is 5.69 Å². The molecular formula is C22H26FN5O3S. The first-order chi connectivity index (χ1) is 15.4. The van der Waals surface area contributed by atoms with E-state index in [1.54, 1.807) is 24.3 Å². The van der Waals surface area contributed by atoms with Crippen molar-refractivity contribution in [3.63, 3.8) is 0 Å². The van der Waals surface area contributed by atoms with E-state index < -0.39 is 15.8 Å². The zero-order valence-corrected chi connectivity index (χ0v) is 18.9. The van der Waals surface area contributed by atoms with E-state index >= 15 is 0 Å². The predicted molar refractivity (Wildman–Crippen MR) is 116 cm³/mol. The molecule has 0 bridgehead atoms. The third-order valence-electron chi connectivity index (χ3n) is 6.07. The van der Waals surface area contributed by atoms with Crippen molar-refractivity contribution in [3.05, 3.63) is 60.2 Å². The third kappa shape index (κ3) is 4.37. The summed E-state index contributed by atoms with van der Waals surface area (Å²) in [7, 11) is -2.48. The fraction of sp³-hybridized carbons (Fsp3) is 0.409. The second kappa shape index (κ2) is 9.33. The van der Waals surface area contributed by atoms with Crippen molar-refractivity contribution in [1.82, 2.24) is 24.5 Å². The Morgan fingerprint density at radius 2 is 1.97 bits per heavy atom. The van der Waals surface area contributed by atoms with Gasteiger partial charge in [0.15, 0.2) is 0 Å². The Hall–Kier alpha value is -2.85. The number of tetrazole rings is 1. The summed E-state index contributed by atoms with van der Waals surface area (Å²) in [6.45, 7) is 2.04. The minimum atomic E-state index is -3.94. The Labute approximate surface area is 187 Å². The van der Waals surface area contributed by atoms with Crippen molar-refractivity contribution in [1.29, 1.82) is 0 Å². The van der Waals surface area contributed by atoms with Crippen LogP contribution in [-0.2, 0) is 16.6 Å². The van der Waals surface area contributed by atoms with Crippen LogP contribution in [0.1, 0.15) is 38.2 Å². The normalized spacial score (nSPS) is 19.2. The summed E-state index contributed by atoms with van der Waals surface area (Å²) in [6.07, 6.45) is 5.10. The zero-order valence-electron chi connectivity index (χ0n) is 18.1.